The first kappa shape index (κ1) is 18.1. The number of aryl methyl sites for hydroxylation is 1. The van der Waals surface area contributed by atoms with Crippen LogP contribution >= 0.6 is 0 Å². The molecule has 1 aromatic carbocycles. The van der Waals surface area contributed by atoms with Crippen LogP contribution in [0, 0.1) is 6.92 Å². The first-order valence-corrected chi connectivity index (χ1v) is 9.18. The molecule has 1 saturated heterocycles. The molecule has 3 heterocycles. The molecule has 0 spiro atoms. The largest absolute Gasteiger partial charge is 0.459 e. The van der Waals surface area contributed by atoms with E-state index in [1.54, 1.807) is 32.9 Å². The van der Waals surface area contributed by atoms with E-state index in [1.165, 1.54) is 6.26 Å². The third kappa shape index (κ3) is 3.58. The summed E-state index contributed by atoms with van der Waals surface area (Å²) < 4.78 is 10.4. The summed E-state index contributed by atoms with van der Waals surface area (Å²) >= 11 is 0. The predicted octanol–water partition coefficient (Wildman–Crippen LogP) is 1.30. The van der Waals surface area contributed by atoms with E-state index in [9.17, 15) is 14.4 Å². The van der Waals surface area contributed by atoms with Gasteiger partial charge in [0.25, 0.3) is 5.91 Å². The Morgan fingerprint density at radius 2 is 1.82 bits per heavy atom. The maximum Gasteiger partial charge on any atom is 0.331 e. The van der Waals surface area contributed by atoms with Crippen molar-refractivity contribution >= 4 is 23.5 Å². The fourth-order valence-corrected chi connectivity index (χ4v) is 3.48. The Balaban J connectivity index is 1.38. The summed E-state index contributed by atoms with van der Waals surface area (Å²) in [6.07, 6.45) is 1.47. The molecule has 2 amide bonds. The van der Waals surface area contributed by atoms with Crippen LogP contribution in [0.2, 0.25) is 0 Å². The van der Waals surface area contributed by atoms with E-state index in [0.717, 1.165) is 11.3 Å². The zero-order chi connectivity index (χ0) is 19.7. The second-order valence-electron chi connectivity index (χ2n) is 6.95. The molecule has 0 atom stereocenters. The number of carbonyl (C=O) groups is 3. The van der Waals surface area contributed by atoms with Crippen molar-refractivity contribution in [3.63, 3.8) is 0 Å². The normalized spacial score (nSPS) is 16.6. The Morgan fingerprint density at radius 3 is 2.54 bits per heavy atom. The number of piperazine rings is 1. The molecular formula is C20H21N3O5. The van der Waals surface area contributed by atoms with Gasteiger partial charge in [-0.25, -0.2) is 4.79 Å². The lowest BCUT2D eigenvalue weighted by Crippen LogP contribution is -2.53. The Bertz CT molecular complexity index is 901. The second kappa shape index (κ2) is 7.38. The van der Waals surface area contributed by atoms with Crippen molar-refractivity contribution in [1.82, 2.24) is 9.80 Å². The Morgan fingerprint density at radius 1 is 1.07 bits per heavy atom. The SMILES string of the molecule is Cc1ccc2c(c1)OC(=O)CN2CC(=O)N1CCN(C(=O)c2ccco2)CC1. The molecule has 2 aromatic rings. The van der Waals surface area contributed by atoms with Crippen molar-refractivity contribution in [2.24, 2.45) is 0 Å². The molecule has 0 aliphatic carbocycles. The van der Waals surface area contributed by atoms with Crippen molar-refractivity contribution in [2.75, 3.05) is 44.2 Å². The van der Waals surface area contributed by atoms with Crippen LogP contribution < -0.4 is 9.64 Å². The predicted molar refractivity (Wildman–Crippen MR) is 100 cm³/mol. The topological polar surface area (TPSA) is 83.3 Å². The summed E-state index contributed by atoms with van der Waals surface area (Å²) in [6, 6.07) is 8.89. The van der Waals surface area contributed by atoms with Gasteiger partial charge in [-0.05, 0) is 36.8 Å². The average molecular weight is 383 g/mol. The minimum atomic E-state index is -0.375. The highest BCUT2D eigenvalue weighted by Gasteiger charge is 2.30. The minimum absolute atomic E-state index is 0.0404. The molecule has 1 fully saturated rings. The first-order chi connectivity index (χ1) is 13.5. The van der Waals surface area contributed by atoms with Crippen LogP contribution in [0.15, 0.2) is 41.0 Å². The molecule has 0 N–H and O–H groups in total. The van der Waals surface area contributed by atoms with Crippen LogP contribution in [0.4, 0.5) is 5.69 Å². The van der Waals surface area contributed by atoms with Crippen molar-refractivity contribution in [3.05, 3.63) is 47.9 Å². The Hall–Kier alpha value is -3.29. The van der Waals surface area contributed by atoms with Gasteiger partial charge in [0.05, 0.1) is 18.5 Å². The maximum absolute atomic E-state index is 12.8. The molecule has 146 valence electrons. The van der Waals surface area contributed by atoms with Crippen LogP contribution in [0.5, 0.6) is 5.75 Å². The number of amides is 2. The molecule has 8 nitrogen and oxygen atoms in total. The summed E-state index contributed by atoms with van der Waals surface area (Å²) in [5.74, 6) is 0.169. The van der Waals surface area contributed by atoms with Crippen molar-refractivity contribution in [3.8, 4) is 5.75 Å². The number of benzene rings is 1. The lowest BCUT2D eigenvalue weighted by atomic mass is 10.1. The van der Waals surface area contributed by atoms with Gasteiger partial charge in [0.15, 0.2) is 11.5 Å². The van der Waals surface area contributed by atoms with Crippen molar-refractivity contribution in [2.45, 2.75) is 6.92 Å². The quantitative estimate of drug-likeness (QED) is 0.587. The van der Waals surface area contributed by atoms with E-state index in [4.69, 9.17) is 9.15 Å². The molecule has 2 aliphatic rings. The first-order valence-electron chi connectivity index (χ1n) is 9.18. The van der Waals surface area contributed by atoms with E-state index in [0.29, 0.717) is 37.7 Å². The monoisotopic (exact) mass is 383 g/mol. The van der Waals surface area contributed by atoms with Gasteiger partial charge in [0.1, 0.15) is 6.54 Å². The zero-order valence-corrected chi connectivity index (χ0v) is 15.6. The number of ether oxygens (including phenoxy) is 1. The average Bonchev–Trinajstić information content (AvgIpc) is 3.21. The van der Waals surface area contributed by atoms with Gasteiger partial charge in [-0.2, -0.15) is 0 Å². The molecule has 1 aromatic heterocycles. The maximum atomic E-state index is 12.8. The van der Waals surface area contributed by atoms with Crippen LogP contribution in [0.25, 0.3) is 0 Å². The number of rotatable bonds is 3. The number of anilines is 1. The van der Waals surface area contributed by atoms with Gasteiger partial charge in [0, 0.05) is 26.2 Å². The highest BCUT2D eigenvalue weighted by Crippen LogP contribution is 2.32. The molecule has 0 bridgehead atoms. The number of esters is 1. The number of hydrogen-bond donors (Lipinski definition) is 0. The van der Waals surface area contributed by atoms with Crippen LogP contribution in [0.3, 0.4) is 0 Å². The van der Waals surface area contributed by atoms with Gasteiger partial charge < -0.3 is 23.9 Å². The molecule has 4 rings (SSSR count). The summed E-state index contributed by atoms with van der Waals surface area (Å²) in [7, 11) is 0. The van der Waals surface area contributed by atoms with Crippen LogP contribution in [0.1, 0.15) is 16.1 Å². The fourth-order valence-electron chi connectivity index (χ4n) is 3.48. The van der Waals surface area contributed by atoms with Gasteiger partial charge in [0.2, 0.25) is 5.91 Å². The third-order valence-electron chi connectivity index (χ3n) is 4.98. The number of fused-ring (bicyclic) bond motifs is 1. The van der Waals surface area contributed by atoms with Crippen LogP contribution in [-0.4, -0.2) is 66.9 Å². The molecule has 28 heavy (non-hydrogen) atoms. The zero-order valence-electron chi connectivity index (χ0n) is 15.6. The smallest absolute Gasteiger partial charge is 0.331 e. The standard InChI is InChI=1S/C20H21N3O5/c1-14-4-5-15-17(11-14)28-19(25)13-23(15)12-18(24)21-6-8-22(9-7-21)20(26)16-3-2-10-27-16/h2-5,10-11H,6-9,12-13H2,1H3. The third-order valence-corrected chi connectivity index (χ3v) is 4.98. The summed E-state index contributed by atoms with van der Waals surface area (Å²) in [4.78, 5) is 42.1. The lowest BCUT2D eigenvalue weighted by Gasteiger charge is -2.36. The molecule has 2 aliphatic heterocycles. The minimum Gasteiger partial charge on any atom is -0.459 e. The van der Waals surface area contributed by atoms with E-state index in [-0.39, 0.29) is 30.9 Å². The Kier molecular flexibility index (Phi) is 4.77. The van der Waals surface area contributed by atoms with Gasteiger partial charge in [-0.15, -0.1) is 0 Å². The lowest BCUT2D eigenvalue weighted by molar-refractivity contribution is -0.134. The second-order valence-corrected chi connectivity index (χ2v) is 6.95. The highest BCUT2D eigenvalue weighted by molar-refractivity contribution is 5.92. The summed E-state index contributed by atoms with van der Waals surface area (Å²) in [6.45, 7) is 3.85. The van der Waals surface area contributed by atoms with Gasteiger partial charge >= 0.3 is 5.97 Å². The van der Waals surface area contributed by atoms with E-state index < -0.39 is 0 Å². The number of nitrogens with zero attached hydrogens (tertiary/aromatic N) is 3. The van der Waals surface area contributed by atoms with Crippen molar-refractivity contribution < 1.29 is 23.5 Å². The van der Waals surface area contributed by atoms with E-state index in [1.807, 2.05) is 19.1 Å². The summed E-state index contributed by atoms with van der Waals surface area (Å²) in [5, 5.41) is 0. The van der Waals surface area contributed by atoms with E-state index in [2.05, 4.69) is 0 Å². The fraction of sp³-hybridized carbons (Fsp3) is 0.350. The number of furan rings is 1. The van der Waals surface area contributed by atoms with Crippen LogP contribution in [-0.2, 0) is 9.59 Å². The molecule has 8 heteroatoms. The van der Waals surface area contributed by atoms with Gasteiger partial charge in [-0.3, -0.25) is 9.59 Å². The number of carbonyl (C=O) groups excluding carboxylic acids is 3. The van der Waals surface area contributed by atoms with Crippen molar-refractivity contribution in [1.29, 1.82) is 0 Å². The molecule has 0 radical (unpaired) electrons. The van der Waals surface area contributed by atoms with Gasteiger partial charge in [-0.1, -0.05) is 6.07 Å². The highest BCUT2D eigenvalue weighted by atomic mass is 16.5. The Labute approximate surface area is 162 Å². The summed E-state index contributed by atoms with van der Waals surface area (Å²) in [5.41, 5.74) is 1.72. The number of hydrogen-bond acceptors (Lipinski definition) is 6. The molecule has 0 unspecified atom stereocenters. The molecular weight excluding hydrogens is 362 g/mol. The van der Waals surface area contributed by atoms with E-state index >= 15 is 0 Å². The molecule has 0 saturated carbocycles.